The van der Waals surface area contributed by atoms with Crippen molar-refractivity contribution in [2.24, 2.45) is 0 Å². The van der Waals surface area contributed by atoms with Crippen molar-refractivity contribution in [2.75, 3.05) is 4.90 Å². The number of amides is 1. The molecule has 1 aromatic heterocycles. The summed E-state index contributed by atoms with van der Waals surface area (Å²) >= 11 is 3.48. The van der Waals surface area contributed by atoms with Crippen LogP contribution in [0.15, 0.2) is 83.3 Å². The number of aromatic nitrogens is 2. The fraction of sp³-hybridized carbons (Fsp3) is 0.0833. The Balaban J connectivity index is 1.71. The first-order chi connectivity index (χ1) is 14.1. The second-order valence-electron chi connectivity index (χ2n) is 7.19. The van der Waals surface area contributed by atoms with Gasteiger partial charge in [0.05, 0.1) is 11.7 Å². The van der Waals surface area contributed by atoms with E-state index in [-0.39, 0.29) is 11.9 Å². The lowest BCUT2D eigenvalue weighted by atomic mass is 9.96. The van der Waals surface area contributed by atoms with Gasteiger partial charge >= 0.3 is 0 Å². The smallest absolute Gasteiger partial charge is 0.277 e. The summed E-state index contributed by atoms with van der Waals surface area (Å²) in [6.07, 6.45) is 0. The third kappa shape index (κ3) is 2.98. The molecule has 3 aromatic carbocycles. The topological polar surface area (TPSA) is 49.0 Å². The maximum absolute atomic E-state index is 13.4. The Labute approximate surface area is 177 Å². The van der Waals surface area contributed by atoms with Crippen molar-refractivity contribution < 1.29 is 4.79 Å². The average Bonchev–Trinajstić information content (AvgIpc) is 3.29. The van der Waals surface area contributed by atoms with Gasteiger partial charge in [-0.1, -0.05) is 76.1 Å². The van der Waals surface area contributed by atoms with Crippen LogP contribution in [0.25, 0.3) is 11.3 Å². The molecule has 4 nitrogen and oxygen atoms in total. The van der Waals surface area contributed by atoms with E-state index in [0.717, 1.165) is 38.1 Å². The zero-order chi connectivity index (χ0) is 20.0. The van der Waals surface area contributed by atoms with Crippen LogP contribution in [-0.2, 0) is 0 Å². The molecule has 1 aliphatic heterocycles. The maximum Gasteiger partial charge on any atom is 0.277 e. The average molecular weight is 444 g/mol. The summed E-state index contributed by atoms with van der Waals surface area (Å²) in [7, 11) is 0. The van der Waals surface area contributed by atoms with E-state index in [0.29, 0.717) is 5.69 Å². The number of nitrogens with zero attached hydrogens (tertiary/aromatic N) is 2. The number of fused-ring (bicyclic) bond motifs is 1. The van der Waals surface area contributed by atoms with Crippen LogP contribution in [0.2, 0.25) is 0 Å². The Morgan fingerprint density at radius 2 is 1.62 bits per heavy atom. The van der Waals surface area contributed by atoms with E-state index in [1.807, 2.05) is 78.6 Å². The van der Waals surface area contributed by atoms with E-state index in [2.05, 4.69) is 38.3 Å². The largest absolute Gasteiger partial charge is 0.295 e. The molecule has 1 atom stereocenters. The van der Waals surface area contributed by atoms with Crippen LogP contribution in [0.1, 0.15) is 33.2 Å². The van der Waals surface area contributed by atoms with Gasteiger partial charge in [-0.05, 0) is 36.8 Å². The molecule has 4 aromatic rings. The monoisotopic (exact) mass is 443 g/mol. The van der Waals surface area contributed by atoms with E-state index < -0.39 is 0 Å². The summed E-state index contributed by atoms with van der Waals surface area (Å²) in [5.74, 6) is -0.0615. The highest BCUT2D eigenvalue weighted by Gasteiger charge is 2.42. The lowest BCUT2D eigenvalue weighted by Crippen LogP contribution is -2.29. The summed E-state index contributed by atoms with van der Waals surface area (Å²) in [4.78, 5) is 15.3. The van der Waals surface area contributed by atoms with Crippen LogP contribution >= 0.6 is 15.9 Å². The van der Waals surface area contributed by atoms with Crippen LogP contribution in [0.3, 0.4) is 0 Å². The first-order valence-electron chi connectivity index (χ1n) is 9.43. The Bertz CT molecular complexity index is 1180. The molecule has 0 spiro atoms. The third-order valence-corrected chi connectivity index (χ3v) is 5.84. The molecule has 0 saturated carbocycles. The number of carbonyl (C=O) groups excluding carboxylic acids is 1. The van der Waals surface area contributed by atoms with E-state index >= 15 is 0 Å². The van der Waals surface area contributed by atoms with E-state index in [4.69, 9.17) is 0 Å². The third-order valence-electron chi connectivity index (χ3n) is 5.31. The van der Waals surface area contributed by atoms with Gasteiger partial charge < -0.3 is 0 Å². The van der Waals surface area contributed by atoms with Crippen molar-refractivity contribution in [1.29, 1.82) is 0 Å². The summed E-state index contributed by atoms with van der Waals surface area (Å²) in [6, 6.07) is 26.0. The molecule has 1 amide bonds. The lowest BCUT2D eigenvalue weighted by molar-refractivity contribution is 0.0989. The Kier molecular flexibility index (Phi) is 4.32. The fourth-order valence-electron chi connectivity index (χ4n) is 3.90. The highest BCUT2D eigenvalue weighted by molar-refractivity contribution is 9.10. The predicted molar refractivity (Wildman–Crippen MR) is 118 cm³/mol. The highest BCUT2D eigenvalue weighted by atomic mass is 79.9. The molecule has 0 radical (unpaired) electrons. The van der Waals surface area contributed by atoms with Gasteiger partial charge in [0.25, 0.3) is 5.91 Å². The number of rotatable bonds is 3. The molecule has 0 aliphatic carbocycles. The Morgan fingerprint density at radius 1 is 0.931 bits per heavy atom. The molecule has 142 valence electrons. The molecule has 0 saturated heterocycles. The van der Waals surface area contributed by atoms with Crippen LogP contribution in [0, 0.1) is 6.92 Å². The highest BCUT2D eigenvalue weighted by Crippen LogP contribution is 2.45. The number of carbonyl (C=O) groups is 1. The van der Waals surface area contributed by atoms with Gasteiger partial charge in [0, 0.05) is 21.3 Å². The first kappa shape index (κ1) is 17.9. The molecule has 1 aliphatic rings. The number of aryl methyl sites for hydroxylation is 1. The van der Waals surface area contributed by atoms with E-state index in [1.165, 1.54) is 0 Å². The second kappa shape index (κ2) is 7.01. The minimum absolute atomic E-state index is 0.0615. The lowest BCUT2D eigenvalue weighted by Gasteiger charge is -2.26. The standard InChI is InChI=1S/C24H18BrN3O/c1-15-7-13-19(14-8-15)28-23(17-5-3-2-4-6-17)20-21(26-27-22(20)24(28)29)16-9-11-18(25)12-10-16/h2-14,23H,1H3,(H,26,27)/t23-/m1/s1. The zero-order valence-corrected chi connectivity index (χ0v) is 17.3. The predicted octanol–water partition coefficient (Wildman–Crippen LogP) is 5.90. The SMILES string of the molecule is Cc1ccc(N2C(=O)c3[nH]nc(-c4ccc(Br)cc4)c3[C@H]2c2ccccc2)cc1. The summed E-state index contributed by atoms with van der Waals surface area (Å²) in [5, 5.41) is 7.53. The number of benzene rings is 3. The second-order valence-corrected chi connectivity index (χ2v) is 8.11. The van der Waals surface area contributed by atoms with Crippen LogP contribution in [0.5, 0.6) is 0 Å². The van der Waals surface area contributed by atoms with Gasteiger partial charge in [0.2, 0.25) is 0 Å². The number of hydrogen-bond acceptors (Lipinski definition) is 2. The minimum atomic E-state index is -0.237. The van der Waals surface area contributed by atoms with E-state index in [9.17, 15) is 4.79 Å². The van der Waals surface area contributed by atoms with Gasteiger partial charge in [0.1, 0.15) is 5.69 Å². The molecular weight excluding hydrogens is 426 g/mol. The molecule has 0 unspecified atom stereocenters. The van der Waals surface area contributed by atoms with Gasteiger partial charge in [-0.3, -0.25) is 14.8 Å². The summed E-state index contributed by atoms with van der Waals surface area (Å²) in [5.41, 5.74) is 6.35. The van der Waals surface area contributed by atoms with Crippen molar-refractivity contribution in [3.05, 3.63) is 106 Å². The van der Waals surface area contributed by atoms with Crippen molar-refractivity contribution in [3.63, 3.8) is 0 Å². The number of nitrogens with one attached hydrogen (secondary N) is 1. The quantitative estimate of drug-likeness (QED) is 0.428. The number of halogens is 1. The molecule has 0 fully saturated rings. The Hall–Kier alpha value is -3.18. The van der Waals surface area contributed by atoms with Crippen molar-refractivity contribution >= 4 is 27.5 Å². The first-order valence-corrected chi connectivity index (χ1v) is 10.2. The van der Waals surface area contributed by atoms with Gasteiger partial charge in [-0.15, -0.1) is 0 Å². The molecule has 1 N–H and O–H groups in total. The van der Waals surface area contributed by atoms with Gasteiger partial charge in [-0.2, -0.15) is 5.10 Å². The molecule has 5 rings (SSSR count). The zero-order valence-electron chi connectivity index (χ0n) is 15.8. The van der Waals surface area contributed by atoms with Crippen LogP contribution in [0.4, 0.5) is 5.69 Å². The van der Waals surface area contributed by atoms with Crippen molar-refractivity contribution in [1.82, 2.24) is 10.2 Å². The van der Waals surface area contributed by atoms with Crippen molar-refractivity contribution in [3.8, 4) is 11.3 Å². The van der Waals surface area contributed by atoms with Crippen LogP contribution in [-0.4, -0.2) is 16.1 Å². The molecule has 5 heteroatoms. The van der Waals surface area contributed by atoms with E-state index in [1.54, 1.807) is 0 Å². The number of aromatic amines is 1. The molecular formula is C24H18BrN3O. The normalized spacial score (nSPS) is 15.6. The fourth-order valence-corrected chi connectivity index (χ4v) is 4.16. The number of hydrogen-bond donors (Lipinski definition) is 1. The van der Waals surface area contributed by atoms with Gasteiger partial charge in [0.15, 0.2) is 0 Å². The Morgan fingerprint density at radius 3 is 2.31 bits per heavy atom. The maximum atomic E-state index is 13.4. The molecule has 0 bridgehead atoms. The minimum Gasteiger partial charge on any atom is -0.295 e. The van der Waals surface area contributed by atoms with Crippen LogP contribution < -0.4 is 4.90 Å². The number of H-pyrrole nitrogens is 1. The molecule has 2 heterocycles. The summed E-state index contributed by atoms with van der Waals surface area (Å²) in [6.45, 7) is 2.04. The van der Waals surface area contributed by atoms with Crippen molar-refractivity contribution in [2.45, 2.75) is 13.0 Å². The molecule has 29 heavy (non-hydrogen) atoms. The number of anilines is 1. The summed E-state index contributed by atoms with van der Waals surface area (Å²) < 4.78 is 1.00. The van der Waals surface area contributed by atoms with Gasteiger partial charge in [-0.25, -0.2) is 0 Å².